The van der Waals surface area contributed by atoms with Crippen LogP contribution in [0.25, 0.3) is 5.69 Å². The van der Waals surface area contributed by atoms with Gasteiger partial charge >= 0.3 is 0 Å². The van der Waals surface area contributed by atoms with Gasteiger partial charge in [-0.2, -0.15) is 9.94 Å². The lowest BCUT2D eigenvalue weighted by molar-refractivity contribution is 0.414. The van der Waals surface area contributed by atoms with Crippen molar-refractivity contribution in [3.05, 3.63) is 59.7 Å². The standard InChI is InChI=1S/C18H17N5OS/c1-13-3-5-14(6-4-13)11-17(12-19)25-18-20-21-22-23(18)15-7-9-16(24-2)10-8-15/h3-10,17H,11H2,1-2H3/t17-/m1/s1. The number of benzene rings is 2. The van der Waals surface area contributed by atoms with Gasteiger partial charge in [-0.1, -0.05) is 41.6 Å². The average Bonchev–Trinajstić information content (AvgIpc) is 3.11. The second-order valence-corrected chi connectivity index (χ2v) is 6.67. The minimum atomic E-state index is -0.272. The molecule has 0 bridgehead atoms. The van der Waals surface area contributed by atoms with Crippen molar-refractivity contribution in [2.75, 3.05) is 7.11 Å². The third-order valence-corrected chi connectivity index (χ3v) is 4.71. The van der Waals surface area contributed by atoms with Gasteiger partial charge in [0.2, 0.25) is 5.16 Å². The van der Waals surface area contributed by atoms with Crippen LogP contribution >= 0.6 is 11.8 Å². The molecule has 0 fully saturated rings. The second-order valence-electron chi connectivity index (χ2n) is 5.50. The summed E-state index contributed by atoms with van der Waals surface area (Å²) >= 11 is 1.36. The number of nitrogens with zero attached hydrogens (tertiary/aromatic N) is 5. The van der Waals surface area contributed by atoms with E-state index in [0.717, 1.165) is 17.0 Å². The fourth-order valence-electron chi connectivity index (χ4n) is 2.32. The monoisotopic (exact) mass is 351 g/mol. The number of methoxy groups -OCH3 is 1. The quantitative estimate of drug-likeness (QED) is 0.635. The normalized spacial score (nSPS) is 11.7. The van der Waals surface area contributed by atoms with E-state index < -0.39 is 0 Å². The smallest absolute Gasteiger partial charge is 0.215 e. The summed E-state index contributed by atoms with van der Waals surface area (Å²) in [6.45, 7) is 2.04. The molecule has 3 aromatic rings. The predicted molar refractivity (Wildman–Crippen MR) is 95.8 cm³/mol. The van der Waals surface area contributed by atoms with E-state index in [-0.39, 0.29) is 5.25 Å². The molecule has 0 aliphatic carbocycles. The average molecular weight is 351 g/mol. The molecule has 0 saturated carbocycles. The van der Waals surface area contributed by atoms with Crippen molar-refractivity contribution in [1.29, 1.82) is 5.26 Å². The Morgan fingerprint density at radius 1 is 1.16 bits per heavy atom. The zero-order valence-corrected chi connectivity index (χ0v) is 14.8. The van der Waals surface area contributed by atoms with E-state index in [1.807, 2.05) is 43.3 Å². The highest BCUT2D eigenvalue weighted by molar-refractivity contribution is 8.00. The molecule has 2 aromatic carbocycles. The van der Waals surface area contributed by atoms with Gasteiger partial charge in [0.1, 0.15) is 11.0 Å². The summed E-state index contributed by atoms with van der Waals surface area (Å²) in [4.78, 5) is 0. The van der Waals surface area contributed by atoms with Crippen LogP contribution in [0.2, 0.25) is 0 Å². The van der Waals surface area contributed by atoms with Crippen LogP contribution in [0.4, 0.5) is 0 Å². The second kappa shape index (κ2) is 7.81. The molecule has 0 saturated heterocycles. The van der Waals surface area contributed by atoms with Crippen LogP contribution in [0, 0.1) is 18.3 Å². The number of thioether (sulfide) groups is 1. The Morgan fingerprint density at radius 3 is 2.52 bits per heavy atom. The minimum absolute atomic E-state index is 0.272. The van der Waals surface area contributed by atoms with Gasteiger partial charge < -0.3 is 4.74 Å². The summed E-state index contributed by atoms with van der Waals surface area (Å²) < 4.78 is 6.79. The summed E-state index contributed by atoms with van der Waals surface area (Å²) in [5, 5.41) is 21.7. The molecule has 3 rings (SSSR count). The highest BCUT2D eigenvalue weighted by Crippen LogP contribution is 2.26. The van der Waals surface area contributed by atoms with Gasteiger partial charge in [-0.05, 0) is 53.6 Å². The number of nitriles is 1. The minimum Gasteiger partial charge on any atom is -0.497 e. The summed E-state index contributed by atoms with van der Waals surface area (Å²) in [6.07, 6.45) is 0.636. The number of aryl methyl sites for hydroxylation is 1. The number of tetrazole rings is 1. The molecule has 1 heterocycles. The third-order valence-electron chi connectivity index (χ3n) is 3.69. The fourth-order valence-corrected chi connectivity index (χ4v) is 3.23. The summed E-state index contributed by atoms with van der Waals surface area (Å²) in [5.74, 6) is 0.764. The molecule has 1 atom stereocenters. The number of hydrogen-bond donors (Lipinski definition) is 0. The van der Waals surface area contributed by atoms with Gasteiger partial charge in [-0.25, -0.2) is 0 Å². The van der Waals surface area contributed by atoms with Gasteiger partial charge in [-0.3, -0.25) is 0 Å². The molecule has 25 heavy (non-hydrogen) atoms. The summed E-state index contributed by atoms with van der Waals surface area (Å²) in [6, 6.07) is 18.0. The summed E-state index contributed by atoms with van der Waals surface area (Å²) in [7, 11) is 1.62. The first-order valence-electron chi connectivity index (χ1n) is 7.74. The zero-order valence-electron chi connectivity index (χ0n) is 14.0. The van der Waals surface area contributed by atoms with Crippen molar-refractivity contribution in [3.8, 4) is 17.5 Å². The molecule has 0 N–H and O–H groups in total. The molecule has 126 valence electrons. The zero-order chi connectivity index (χ0) is 17.6. The van der Waals surface area contributed by atoms with Crippen LogP contribution < -0.4 is 4.74 Å². The van der Waals surface area contributed by atoms with Gasteiger partial charge in [0.05, 0.1) is 18.9 Å². The van der Waals surface area contributed by atoms with E-state index in [0.29, 0.717) is 11.6 Å². The highest BCUT2D eigenvalue weighted by atomic mass is 32.2. The molecule has 7 heteroatoms. The molecule has 1 aromatic heterocycles. The topological polar surface area (TPSA) is 76.6 Å². The first-order chi connectivity index (χ1) is 12.2. The SMILES string of the molecule is COc1ccc(-n2nnnc2S[C@@H](C#N)Cc2ccc(C)cc2)cc1. The Labute approximate surface area is 150 Å². The van der Waals surface area contributed by atoms with Crippen molar-refractivity contribution < 1.29 is 4.74 Å². The largest absolute Gasteiger partial charge is 0.497 e. The molecule has 0 radical (unpaired) electrons. The number of aromatic nitrogens is 4. The van der Waals surface area contributed by atoms with Gasteiger partial charge in [0, 0.05) is 0 Å². The summed E-state index contributed by atoms with van der Waals surface area (Å²) in [5.41, 5.74) is 3.14. The van der Waals surface area contributed by atoms with Crippen LogP contribution in [0.3, 0.4) is 0 Å². The van der Waals surface area contributed by atoms with Crippen LogP contribution in [0.5, 0.6) is 5.75 Å². The maximum atomic E-state index is 9.51. The van der Waals surface area contributed by atoms with Crippen molar-refractivity contribution in [3.63, 3.8) is 0 Å². The predicted octanol–water partition coefficient (Wildman–Crippen LogP) is 3.21. The van der Waals surface area contributed by atoms with Crippen LogP contribution in [0.15, 0.2) is 53.7 Å². The van der Waals surface area contributed by atoms with E-state index in [9.17, 15) is 5.26 Å². The van der Waals surface area contributed by atoms with Gasteiger partial charge in [0.15, 0.2) is 0 Å². The molecular formula is C18H17N5OS. The Bertz CT molecular complexity index is 868. The van der Waals surface area contributed by atoms with Crippen LogP contribution in [-0.2, 0) is 6.42 Å². The van der Waals surface area contributed by atoms with Crippen LogP contribution in [-0.4, -0.2) is 32.6 Å². The van der Waals surface area contributed by atoms with Crippen LogP contribution in [0.1, 0.15) is 11.1 Å². The number of ether oxygens (including phenoxy) is 1. The lowest BCUT2D eigenvalue weighted by Gasteiger charge is -2.09. The molecule has 0 amide bonds. The van der Waals surface area contributed by atoms with E-state index in [4.69, 9.17) is 4.74 Å². The Morgan fingerprint density at radius 2 is 1.88 bits per heavy atom. The third kappa shape index (κ3) is 4.17. The lowest BCUT2D eigenvalue weighted by atomic mass is 10.1. The van der Waals surface area contributed by atoms with Crippen molar-refractivity contribution in [2.24, 2.45) is 0 Å². The fraction of sp³-hybridized carbons (Fsp3) is 0.222. The van der Waals surface area contributed by atoms with Gasteiger partial charge in [-0.15, -0.1) is 5.10 Å². The van der Waals surface area contributed by atoms with Gasteiger partial charge in [0.25, 0.3) is 0 Å². The Balaban J connectivity index is 1.76. The highest BCUT2D eigenvalue weighted by Gasteiger charge is 2.17. The lowest BCUT2D eigenvalue weighted by Crippen LogP contribution is -2.07. The number of hydrogen-bond acceptors (Lipinski definition) is 6. The molecule has 0 unspecified atom stereocenters. The maximum Gasteiger partial charge on any atom is 0.215 e. The van der Waals surface area contributed by atoms with E-state index in [1.165, 1.54) is 17.3 Å². The van der Waals surface area contributed by atoms with Crippen molar-refractivity contribution >= 4 is 11.8 Å². The maximum absolute atomic E-state index is 9.51. The Kier molecular flexibility index (Phi) is 5.31. The molecule has 0 spiro atoms. The molecular weight excluding hydrogens is 334 g/mol. The first kappa shape index (κ1) is 17.0. The number of rotatable bonds is 6. The Hall–Kier alpha value is -2.85. The molecule has 6 nitrogen and oxygen atoms in total. The van der Waals surface area contributed by atoms with Crippen molar-refractivity contribution in [1.82, 2.24) is 20.2 Å². The van der Waals surface area contributed by atoms with E-state index in [2.05, 4.69) is 33.7 Å². The molecule has 0 aliphatic rings. The van der Waals surface area contributed by atoms with Crippen molar-refractivity contribution in [2.45, 2.75) is 23.8 Å². The first-order valence-corrected chi connectivity index (χ1v) is 8.62. The van der Waals surface area contributed by atoms with E-state index in [1.54, 1.807) is 11.8 Å². The van der Waals surface area contributed by atoms with E-state index >= 15 is 0 Å². The molecule has 0 aliphatic heterocycles.